The van der Waals surface area contributed by atoms with Crippen molar-refractivity contribution in [1.82, 2.24) is 9.97 Å². The van der Waals surface area contributed by atoms with E-state index in [1.807, 2.05) is 6.92 Å². The summed E-state index contributed by atoms with van der Waals surface area (Å²) in [7, 11) is 0. The Bertz CT molecular complexity index is 332. The van der Waals surface area contributed by atoms with Crippen LogP contribution in [0, 0.1) is 12.8 Å². The van der Waals surface area contributed by atoms with Crippen molar-refractivity contribution in [2.24, 2.45) is 5.92 Å². The second-order valence-corrected chi connectivity index (χ2v) is 4.17. The standard InChI is InChI=1S/C11H18N4O/c1-8-14-10(12)6-11(15-8)13-4-5-16-7-9-2-3-9/h6,9H,2-5,7H2,1H3,(H3,12,13,14,15). The number of hydrogen-bond donors (Lipinski definition) is 2. The van der Waals surface area contributed by atoms with Crippen molar-refractivity contribution in [2.75, 3.05) is 30.8 Å². The minimum absolute atomic E-state index is 0.494. The van der Waals surface area contributed by atoms with Crippen LogP contribution in [-0.4, -0.2) is 29.7 Å². The van der Waals surface area contributed by atoms with Crippen LogP contribution in [0.15, 0.2) is 6.07 Å². The van der Waals surface area contributed by atoms with E-state index in [1.54, 1.807) is 6.07 Å². The zero-order valence-corrected chi connectivity index (χ0v) is 9.57. The van der Waals surface area contributed by atoms with E-state index in [0.717, 1.165) is 24.9 Å². The predicted octanol–water partition coefficient (Wildman–Crippen LogP) is 1.21. The fraction of sp³-hybridized carbons (Fsp3) is 0.636. The third kappa shape index (κ3) is 3.66. The molecule has 1 saturated carbocycles. The highest BCUT2D eigenvalue weighted by atomic mass is 16.5. The molecule has 0 spiro atoms. The third-order valence-electron chi connectivity index (χ3n) is 2.46. The van der Waals surface area contributed by atoms with E-state index in [4.69, 9.17) is 10.5 Å². The minimum atomic E-state index is 0.494. The molecule has 1 aliphatic rings. The van der Waals surface area contributed by atoms with Gasteiger partial charge in [0.2, 0.25) is 0 Å². The zero-order chi connectivity index (χ0) is 11.4. The Morgan fingerprint density at radius 1 is 1.50 bits per heavy atom. The molecule has 1 fully saturated rings. The molecule has 88 valence electrons. The van der Waals surface area contributed by atoms with Gasteiger partial charge in [-0.1, -0.05) is 0 Å². The summed E-state index contributed by atoms with van der Waals surface area (Å²) in [6.07, 6.45) is 2.66. The van der Waals surface area contributed by atoms with Gasteiger partial charge in [-0.25, -0.2) is 9.97 Å². The molecule has 0 unspecified atom stereocenters. The molecule has 0 amide bonds. The van der Waals surface area contributed by atoms with Crippen molar-refractivity contribution in [3.8, 4) is 0 Å². The van der Waals surface area contributed by atoms with E-state index >= 15 is 0 Å². The smallest absolute Gasteiger partial charge is 0.131 e. The molecule has 1 aromatic heterocycles. The molecule has 5 nitrogen and oxygen atoms in total. The van der Waals surface area contributed by atoms with Crippen molar-refractivity contribution < 1.29 is 4.74 Å². The molecule has 5 heteroatoms. The summed E-state index contributed by atoms with van der Waals surface area (Å²) in [5.74, 6) is 2.76. The maximum absolute atomic E-state index is 5.62. The van der Waals surface area contributed by atoms with Crippen LogP contribution in [0.3, 0.4) is 0 Å². The summed E-state index contributed by atoms with van der Waals surface area (Å²) in [4.78, 5) is 8.23. The van der Waals surface area contributed by atoms with Gasteiger partial charge in [-0.05, 0) is 25.7 Å². The molecule has 0 radical (unpaired) electrons. The topological polar surface area (TPSA) is 73.1 Å². The monoisotopic (exact) mass is 222 g/mol. The lowest BCUT2D eigenvalue weighted by Crippen LogP contribution is -2.12. The van der Waals surface area contributed by atoms with E-state index in [2.05, 4.69) is 15.3 Å². The van der Waals surface area contributed by atoms with Crippen LogP contribution in [-0.2, 0) is 4.74 Å². The molecular formula is C11H18N4O. The number of anilines is 2. The lowest BCUT2D eigenvalue weighted by molar-refractivity contribution is 0.134. The van der Waals surface area contributed by atoms with Gasteiger partial charge >= 0.3 is 0 Å². The lowest BCUT2D eigenvalue weighted by Gasteiger charge is -2.07. The van der Waals surface area contributed by atoms with Crippen LogP contribution in [0.5, 0.6) is 0 Å². The maximum atomic E-state index is 5.62. The first kappa shape index (κ1) is 11.1. The summed E-state index contributed by atoms with van der Waals surface area (Å²) in [6, 6.07) is 1.73. The summed E-state index contributed by atoms with van der Waals surface area (Å²) >= 11 is 0. The summed E-state index contributed by atoms with van der Waals surface area (Å²) in [6.45, 7) is 4.18. The quantitative estimate of drug-likeness (QED) is 0.708. The van der Waals surface area contributed by atoms with Gasteiger partial charge in [0, 0.05) is 19.2 Å². The predicted molar refractivity (Wildman–Crippen MR) is 63.2 cm³/mol. The van der Waals surface area contributed by atoms with E-state index in [9.17, 15) is 0 Å². The van der Waals surface area contributed by atoms with Crippen molar-refractivity contribution in [3.63, 3.8) is 0 Å². The van der Waals surface area contributed by atoms with Crippen LogP contribution in [0.4, 0.5) is 11.6 Å². The molecule has 16 heavy (non-hydrogen) atoms. The number of aryl methyl sites for hydroxylation is 1. The molecule has 0 aliphatic heterocycles. The zero-order valence-electron chi connectivity index (χ0n) is 9.57. The van der Waals surface area contributed by atoms with Crippen molar-refractivity contribution in [3.05, 3.63) is 11.9 Å². The molecule has 0 saturated heterocycles. The van der Waals surface area contributed by atoms with Gasteiger partial charge in [0.05, 0.1) is 6.61 Å². The second kappa shape index (κ2) is 5.12. The molecule has 0 bridgehead atoms. The first-order chi connectivity index (χ1) is 7.74. The number of nitrogens with one attached hydrogen (secondary N) is 1. The first-order valence-corrected chi connectivity index (χ1v) is 5.67. The Labute approximate surface area is 95.4 Å². The first-order valence-electron chi connectivity index (χ1n) is 5.67. The number of hydrogen-bond acceptors (Lipinski definition) is 5. The van der Waals surface area contributed by atoms with Gasteiger partial charge in [0.25, 0.3) is 0 Å². The van der Waals surface area contributed by atoms with E-state index in [0.29, 0.717) is 18.2 Å². The van der Waals surface area contributed by atoms with Crippen LogP contribution in [0.2, 0.25) is 0 Å². The maximum Gasteiger partial charge on any atom is 0.131 e. The second-order valence-electron chi connectivity index (χ2n) is 4.17. The van der Waals surface area contributed by atoms with E-state index < -0.39 is 0 Å². The highest BCUT2D eigenvalue weighted by molar-refractivity contribution is 5.44. The molecule has 0 atom stereocenters. The van der Waals surface area contributed by atoms with Gasteiger partial charge in [-0.3, -0.25) is 0 Å². The van der Waals surface area contributed by atoms with E-state index in [-0.39, 0.29) is 0 Å². The Morgan fingerprint density at radius 3 is 3.00 bits per heavy atom. The SMILES string of the molecule is Cc1nc(N)cc(NCCOCC2CC2)n1. The van der Waals surface area contributed by atoms with Crippen LogP contribution < -0.4 is 11.1 Å². The highest BCUT2D eigenvalue weighted by Crippen LogP contribution is 2.28. The number of nitrogens with two attached hydrogens (primary N) is 1. The average molecular weight is 222 g/mol. The molecule has 1 heterocycles. The number of ether oxygens (including phenoxy) is 1. The van der Waals surface area contributed by atoms with Crippen LogP contribution >= 0.6 is 0 Å². The van der Waals surface area contributed by atoms with Gasteiger partial charge in [0.15, 0.2) is 0 Å². The summed E-state index contributed by atoms with van der Waals surface area (Å²) in [5.41, 5.74) is 5.62. The Kier molecular flexibility index (Phi) is 3.56. The average Bonchev–Trinajstić information content (AvgIpc) is 2.99. The Balaban J connectivity index is 1.67. The molecule has 0 aromatic carbocycles. The minimum Gasteiger partial charge on any atom is -0.384 e. The van der Waals surface area contributed by atoms with Gasteiger partial charge in [-0.2, -0.15) is 0 Å². The van der Waals surface area contributed by atoms with Crippen LogP contribution in [0.1, 0.15) is 18.7 Å². The molecule has 3 N–H and O–H groups in total. The highest BCUT2D eigenvalue weighted by Gasteiger charge is 2.20. The van der Waals surface area contributed by atoms with Crippen LogP contribution in [0.25, 0.3) is 0 Å². The number of nitrogens with zero attached hydrogens (tertiary/aromatic N) is 2. The van der Waals surface area contributed by atoms with Crippen molar-refractivity contribution in [1.29, 1.82) is 0 Å². The normalized spacial score (nSPS) is 15.1. The lowest BCUT2D eigenvalue weighted by atomic mass is 10.4. The molecule has 1 aromatic rings. The van der Waals surface area contributed by atoms with Gasteiger partial charge < -0.3 is 15.8 Å². The summed E-state index contributed by atoms with van der Waals surface area (Å²) in [5, 5.41) is 3.16. The third-order valence-corrected chi connectivity index (χ3v) is 2.46. The Hall–Kier alpha value is -1.36. The molecular weight excluding hydrogens is 204 g/mol. The number of aromatic nitrogens is 2. The summed E-state index contributed by atoms with van der Waals surface area (Å²) < 4.78 is 5.50. The Morgan fingerprint density at radius 2 is 2.31 bits per heavy atom. The fourth-order valence-electron chi connectivity index (χ4n) is 1.47. The van der Waals surface area contributed by atoms with Gasteiger partial charge in [0.1, 0.15) is 17.5 Å². The fourth-order valence-corrected chi connectivity index (χ4v) is 1.47. The number of nitrogen functional groups attached to an aromatic ring is 1. The number of rotatable bonds is 6. The largest absolute Gasteiger partial charge is 0.384 e. The molecule has 2 rings (SSSR count). The molecule has 1 aliphatic carbocycles. The van der Waals surface area contributed by atoms with Crippen molar-refractivity contribution >= 4 is 11.6 Å². The van der Waals surface area contributed by atoms with Crippen molar-refractivity contribution in [2.45, 2.75) is 19.8 Å². The van der Waals surface area contributed by atoms with Gasteiger partial charge in [-0.15, -0.1) is 0 Å². The van der Waals surface area contributed by atoms with E-state index in [1.165, 1.54) is 12.8 Å².